The van der Waals surface area contributed by atoms with Crippen molar-refractivity contribution >= 4 is 44.3 Å². The van der Waals surface area contributed by atoms with Gasteiger partial charge < -0.3 is 10.3 Å². The molecule has 2 heterocycles. The van der Waals surface area contributed by atoms with Crippen LogP contribution in [0.5, 0.6) is 0 Å². The van der Waals surface area contributed by atoms with Crippen LogP contribution in [0.25, 0.3) is 10.9 Å². The Bertz CT molecular complexity index is 1280. The Morgan fingerprint density at radius 3 is 2.65 bits per heavy atom. The van der Waals surface area contributed by atoms with Gasteiger partial charge in [-0.15, -0.1) is 0 Å². The smallest absolute Gasteiger partial charge is 0.347 e. The van der Waals surface area contributed by atoms with Gasteiger partial charge in [-0.1, -0.05) is 23.7 Å². The summed E-state index contributed by atoms with van der Waals surface area (Å²) < 4.78 is 62.4. The van der Waals surface area contributed by atoms with Gasteiger partial charge in [0.15, 0.2) is 0 Å². The van der Waals surface area contributed by atoms with E-state index in [2.05, 4.69) is 20.3 Å². The second-order valence-corrected chi connectivity index (χ2v) is 9.06. The fourth-order valence-electron chi connectivity index (χ4n) is 2.89. The largest absolute Gasteiger partial charge is 0.407 e. The maximum atomic E-state index is 12.8. The molecule has 0 saturated heterocycles. The number of fused-ring (bicyclic) bond motifs is 1. The monoisotopic (exact) mass is 475 g/mol. The molecule has 0 radical (unpaired) electrons. The standard InChI is InChI=1S/C18H17ClF3N5O3S/c1-10(12-8-11-4-3-5-13(19)15(11)26-16(12)28)24-17-23-7-6-14(25-17)27(31(2,29)30)9-18(20,21)22/h3-8,10H,9H2,1-2H3,(H,26,28)(H,23,24,25)/t10-/m0/s1. The average molecular weight is 476 g/mol. The van der Waals surface area contributed by atoms with Crippen LogP contribution in [0.4, 0.5) is 24.9 Å². The van der Waals surface area contributed by atoms with E-state index in [9.17, 15) is 26.4 Å². The van der Waals surface area contributed by atoms with Crippen LogP contribution in [-0.2, 0) is 10.0 Å². The number of nitrogens with zero attached hydrogens (tertiary/aromatic N) is 3. The number of halogens is 4. The summed E-state index contributed by atoms with van der Waals surface area (Å²) in [6, 6.07) is 7.12. The number of anilines is 2. The predicted octanol–water partition coefficient (Wildman–Crippen LogP) is 3.47. The molecule has 0 amide bonds. The molecule has 31 heavy (non-hydrogen) atoms. The third kappa shape index (κ3) is 5.44. The van der Waals surface area contributed by atoms with Gasteiger partial charge >= 0.3 is 6.18 Å². The van der Waals surface area contributed by atoms with Gasteiger partial charge in [-0.3, -0.25) is 4.79 Å². The Labute approximate surface area is 180 Å². The van der Waals surface area contributed by atoms with Gasteiger partial charge in [0.25, 0.3) is 5.56 Å². The zero-order valence-electron chi connectivity index (χ0n) is 16.2. The lowest BCUT2D eigenvalue weighted by Gasteiger charge is -2.23. The van der Waals surface area contributed by atoms with E-state index in [-0.39, 0.29) is 10.3 Å². The van der Waals surface area contributed by atoms with Crippen LogP contribution in [-0.4, -0.2) is 42.3 Å². The van der Waals surface area contributed by atoms with E-state index in [0.29, 0.717) is 27.7 Å². The molecule has 2 N–H and O–H groups in total. The Kier molecular flexibility index (Phi) is 6.14. The Morgan fingerprint density at radius 1 is 1.29 bits per heavy atom. The molecule has 0 fully saturated rings. The molecular weight excluding hydrogens is 459 g/mol. The fraction of sp³-hybridized carbons (Fsp3) is 0.278. The zero-order valence-corrected chi connectivity index (χ0v) is 17.8. The first-order valence-corrected chi connectivity index (χ1v) is 11.0. The lowest BCUT2D eigenvalue weighted by Crippen LogP contribution is -2.39. The number of nitrogens with one attached hydrogen (secondary N) is 2. The summed E-state index contributed by atoms with van der Waals surface area (Å²) in [5.74, 6) is -0.602. The summed E-state index contributed by atoms with van der Waals surface area (Å²) in [7, 11) is -4.26. The number of rotatable bonds is 6. The highest BCUT2D eigenvalue weighted by molar-refractivity contribution is 7.92. The molecule has 0 aliphatic heterocycles. The lowest BCUT2D eigenvalue weighted by molar-refractivity contribution is -0.117. The van der Waals surface area contributed by atoms with Crippen LogP contribution >= 0.6 is 11.6 Å². The highest BCUT2D eigenvalue weighted by Crippen LogP contribution is 2.25. The minimum atomic E-state index is -4.77. The topological polar surface area (TPSA) is 108 Å². The van der Waals surface area contributed by atoms with E-state index in [4.69, 9.17) is 11.6 Å². The van der Waals surface area contributed by atoms with Crippen molar-refractivity contribution in [1.82, 2.24) is 15.0 Å². The molecule has 166 valence electrons. The maximum absolute atomic E-state index is 12.8. The molecule has 0 bridgehead atoms. The average Bonchev–Trinajstić information content (AvgIpc) is 2.65. The van der Waals surface area contributed by atoms with E-state index in [1.807, 2.05) is 0 Å². The maximum Gasteiger partial charge on any atom is 0.407 e. The fourth-order valence-corrected chi connectivity index (χ4v) is 3.94. The van der Waals surface area contributed by atoms with Crippen LogP contribution in [0.3, 0.4) is 0 Å². The molecule has 0 spiro atoms. The van der Waals surface area contributed by atoms with Crippen molar-refractivity contribution in [3.8, 4) is 0 Å². The first kappa shape index (κ1) is 22.8. The van der Waals surface area contributed by atoms with Crippen LogP contribution in [0.15, 0.2) is 41.3 Å². The van der Waals surface area contributed by atoms with Crippen molar-refractivity contribution in [2.75, 3.05) is 22.4 Å². The van der Waals surface area contributed by atoms with E-state index < -0.39 is 40.2 Å². The van der Waals surface area contributed by atoms with Crippen molar-refractivity contribution < 1.29 is 21.6 Å². The van der Waals surface area contributed by atoms with E-state index >= 15 is 0 Å². The van der Waals surface area contributed by atoms with E-state index in [0.717, 1.165) is 12.3 Å². The Balaban J connectivity index is 1.92. The van der Waals surface area contributed by atoms with Crippen molar-refractivity contribution in [1.29, 1.82) is 0 Å². The summed E-state index contributed by atoms with van der Waals surface area (Å²) in [6.45, 7) is -0.107. The number of sulfonamides is 1. The summed E-state index contributed by atoms with van der Waals surface area (Å²) >= 11 is 6.08. The van der Waals surface area contributed by atoms with Crippen LogP contribution in [0.2, 0.25) is 5.02 Å². The van der Waals surface area contributed by atoms with Gasteiger partial charge in [0.1, 0.15) is 12.4 Å². The first-order valence-electron chi connectivity index (χ1n) is 8.80. The molecular formula is C18H17ClF3N5O3S. The lowest BCUT2D eigenvalue weighted by atomic mass is 10.1. The van der Waals surface area contributed by atoms with Crippen molar-refractivity contribution in [2.24, 2.45) is 0 Å². The molecule has 8 nitrogen and oxygen atoms in total. The molecule has 0 saturated carbocycles. The number of hydrogen-bond acceptors (Lipinski definition) is 6. The van der Waals surface area contributed by atoms with E-state index in [1.54, 1.807) is 31.2 Å². The van der Waals surface area contributed by atoms with Crippen molar-refractivity contribution in [3.63, 3.8) is 0 Å². The number of para-hydroxylation sites is 1. The van der Waals surface area contributed by atoms with Crippen molar-refractivity contribution in [2.45, 2.75) is 19.1 Å². The molecule has 1 aromatic carbocycles. The number of pyridine rings is 1. The second kappa shape index (κ2) is 8.35. The highest BCUT2D eigenvalue weighted by atomic mass is 35.5. The molecule has 3 rings (SSSR count). The molecule has 0 aliphatic rings. The van der Waals surface area contributed by atoms with E-state index in [1.165, 1.54) is 0 Å². The number of alkyl halides is 3. The zero-order chi connectivity index (χ0) is 23.0. The van der Waals surface area contributed by atoms with Crippen LogP contribution < -0.4 is 15.2 Å². The number of H-pyrrole nitrogens is 1. The SMILES string of the molecule is C[C@H](Nc1nccc(N(CC(F)(F)F)S(C)(=O)=O)n1)c1cc2cccc(Cl)c2[nH]c1=O. The highest BCUT2D eigenvalue weighted by Gasteiger charge is 2.35. The summed E-state index contributed by atoms with van der Waals surface area (Å²) in [5, 5.41) is 3.87. The number of hydrogen-bond donors (Lipinski definition) is 2. The molecule has 0 unspecified atom stereocenters. The van der Waals surface area contributed by atoms with Gasteiger partial charge in [-0.05, 0) is 19.1 Å². The van der Waals surface area contributed by atoms with Crippen LogP contribution in [0.1, 0.15) is 18.5 Å². The minimum Gasteiger partial charge on any atom is -0.347 e. The summed E-state index contributed by atoms with van der Waals surface area (Å²) in [4.78, 5) is 23.0. The summed E-state index contributed by atoms with van der Waals surface area (Å²) in [5.41, 5.74) is 0.352. The predicted molar refractivity (Wildman–Crippen MR) is 112 cm³/mol. The van der Waals surface area contributed by atoms with Gasteiger partial charge in [0, 0.05) is 23.2 Å². The van der Waals surface area contributed by atoms with Gasteiger partial charge in [-0.25, -0.2) is 17.7 Å². The third-order valence-corrected chi connectivity index (χ3v) is 5.72. The normalized spacial score (nSPS) is 13.2. The first-order chi connectivity index (χ1) is 14.3. The molecule has 2 aromatic heterocycles. The van der Waals surface area contributed by atoms with Crippen molar-refractivity contribution in [3.05, 3.63) is 57.5 Å². The van der Waals surface area contributed by atoms with Gasteiger partial charge in [0.2, 0.25) is 16.0 Å². The quantitative estimate of drug-likeness (QED) is 0.565. The van der Waals surface area contributed by atoms with Crippen LogP contribution in [0, 0.1) is 0 Å². The number of aromatic amines is 1. The second-order valence-electron chi connectivity index (χ2n) is 6.75. The molecule has 3 aromatic rings. The minimum absolute atomic E-state index is 0.134. The Morgan fingerprint density at radius 2 is 2.00 bits per heavy atom. The number of aromatic nitrogens is 3. The summed E-state index contributed by atoms with van der Waals surface area (Å²) in [6.07, 6.45) is -3.00. The molecule has 0 aliphatic carbocycles. The Hall–Kier alpha value is -2.86. The number of benzene rings is 1. The van der Waals surface area contributed by atoms with Gasteiger partial charge in [0.05, 0.1) is 22.8 Å². The third-order valence-electron chi connectivity index (χ3n) is 4.29. The molecule has 13 heteroatoms. The van der Waals surface area contributed by atoms with Gasteiger partial charge in [-0.2, -0.15) is 18.2 Å². The molecule has 1 atom stereocenters.